The van der Waals surface area contributed by atoms with E-state index in [1.165, 1.54) is 4.90 Å². The summed E-state index contributed by atoms with van der Waals surface area (Å²) in [5.41, 5.74) is 2.99. The number of hydrogen-bond acceptors (Lipinski definition) is 4. The highest BCUT2D eigenvalue weighted by molar-refractivity contribution is 9.10. The second-order valence-corrected chi connectivity index (χ2v) is 12.7. The monoisotopic (exact) mass is 627 g/mol. The van der Waals surface area contributed by atoms with Gasteiger partial charge in [0, 0.05) is 23.5 Å². The lowest BCUT2D eigenvalue weighted by Gasteiger charge is -2.34. The first kappa shape index (κ1) is 31.4. The van der Waals surface area contributed by atoms with Crippen LogP contribution in [-0.4, -0.2) is 50.0 Å². The third kappa shape index (κ3) is 8.66. The summed E-state index contributed by atoms with van der Waals surface area (Å²) in [4.78, 5) is 29.4. The summed E-state index contributed by atoms with van der Waals surface area (Å²) in [6.45, 7) is 5.56. The number of aryl methyl sites for hydroxylation is 1. The lowest BCUT2D eigenvalue weighted by Crippen LogP contribution is -2.54. The molecule has 3 rings (SSSR count). The van der Waals surface area contributed by atoms with Crippen LogP contribution in [-0.2, 0) is 39.0 Å². The first-order valence-electron chi connectivity index (χ1n) is 13.5. The summed E-state index contributed by atoms with van der Waals surface area (Å²) in [6.07, 6.45) is 2.72. The van der Waals surface area contributed by atoms with E-state index in [4.69, 9.17) is 0 Å². The van der Waals surface area contributed by atoms with E-state index in [9.17, 15) is 18.0 Å². The van der Waals surface area contributed by atoms with Crippen molar-refractivity contribution in [1.82, 2.24) is 10.2 Å². The zero-order chi connectivity index (χ0) is 29.3. The van der Waals surface area contributed by atoms with Crippen molar-refractivity contribution in [1.29, 1.82) is 0 Å². The van der Waals surface area contributed by atoms with E-state index in [1.54, 1.807) is 12.1 Å². The molecule has 214 valence electrons. The highest BCUT2D eigenvalue weighted by Gasteiger charge is 2.33. The van der Waals surface area contributed by atoms with E-state index in [-0.39, 0.29) is 24.9 Å². The van der Waals surface area contributed by atoms with Crippen LogP contribution in [0.1, 0.15) is 43.9 Å². The Morgan fingerprint density at radius 2 is 1.57 bits per heavy atom. The molecular weight excluding hydrogens is 590 g/mol. The molecule has 0 aliphatic rings. The summed E-state index contributed by atoms with van der Waals surface area (Å²) in [5.74, 6) is -0.738. The fourth-order valence-electron chi connectivity index (χ4n) is 4.47. The molecule has 2 amide bonds. The van der Waals surface area contributed by atoms with Gasteiger partial charge in [0.05, 0.1) is 11.9 Å². The van der Waals surface area contributed by atoms with Crippen molar-refractivity contribution in [2.75, 3.05) is 17.1 Å². The third-order valence-electron chi connectivity index (χ3n) is 6.83. The topological polar surface area (TPSA) is 86.8 Å². The number of benzene rings is 3. The number of sulfonamides is 1. The number of anilines is 1. The minimum Gasteiger partial charge on any atom is -0.352 e. The van der Waals surface area contributed by atoms with Gasteiger partial charge in [-0.25, -0.2) is 8.42 Å². The van der Waals surface area contributed by atoms with Gasteiger partial charge in [-0.1, -0.05) is 90.4 Å². The number of para-hydroxylation sites is 1. The number of amides is 2. The van der Waals surface area contributed by atoms with E-state index in [0.29, 0.717) is 12.1 Å². The number of carbonyl (C=O) groups excluding carboxylic acids is 2. The van der Waals surface area contributed by atoms with Crippen molar-refractivity contribution in [3.05, 3.63) is 100 Å². The first-order chi connectivity index (χ1) is 19.0. The number of nitrogens with zero attached hydrogens (tertiary/aromatic N) is 2. The van der Waals surface area contributed by atoms with Crippen molar-refractivity contribution in [2.24, 2.45) is 0 Å². The number of hydrogen-bond donors (Lipinski definition) is 1. The summed E-state index contributed by atoms with van der Waals surface area (Å²) in [6, 6.07) is 23.3. The van der Waals surface area contributed by atoms with Gasteiger partial charge in [0.25, 0.3) is 0 Å². The van der Waals surface area contributed by atoms with Gasteiger partial charge >= 0.3 is 0 Å². The van der Waals surface area contributed by atoms with E-state index >= 15 is 0 Å². The van der Waals surface area contributed by atoms with Crippen molar-refractivity contribution < 1.29 is 18.0 Å². The average molecular weight is 629 g/mol. The maximum Gasteiger partial charge on any atom is 0.244 e. The number of halogens is 1. The molecule has 3 aromatic carbocycles. The predicted octanol–water partition coefficient (Wildman–Crippen LogP) is 5.33. The normalized spacial score (nSPS) is 12.8. The Bertz CT molecular complexity index is 1400. The van der Waals surface area contributed by atoms with Gasteiger partial charge in [-0.3, -0.25) is 13.9 Å². The minimum atomic E-state index is -3.81. The van der Waals surface area contributed by atoms with Crippen LogP contribution in [0.2, 0.25) is 0 Å². The fourth-order valence-corrected chi connectivity index (χ4v) is 5.80. The van der Waals surface area contributed by atoms with E-state index in [0.717, 1.165) is 38.1 Å². The Hall–Kier alpha value is -3.17. The number of rotatable bonds is 13. The van der Waals surface area contributed by atoms with Crippen LogP contribution < -0.4 is 9.62 Å². The van der Waals surface area contributed by atoms with Gasteiger partial charge < -0.3 is 10.2 Å². The summed E-state index contributed by atoms with van der Waals surface area (Å²) < 4.78 is 28.0. The van der Waals surface area contributed by atoms with Gasteiger partial charge in [-0.2, -0.15) is 0 Å². The van der Waals surface area contributed by atoms with Crippen LogP contribution in [0.25, 0.3) is 0 Å². The van der Waals surface area contributed by atoms with E-state index in [1.807, 2.05) is 87.5 Å². The van der Waals surface area contributed by atoms with Crippen LogP contribution >= 0.6 is 15.9 Å². The maximum absolute atomic E-state index is 14.2. The second kappa shape index (κ2) is 14.5. The van der Waals surface area contributed by atoms with Crippen molar-refractivity contribution in [3.63, 3.8) is 0 Å². The minimum absolute atomic E-state index is 0.0856. The predicted molar refractivity (Wildman–Crippen MR) is 165 cm³/mol. The highest BCUT2D eigenvalue weighted by atomic mass is 79.9. The fraction of sp³-hybridized carbons (Fsp3) is 0.355. The molecular formula is C31H38BrN3O4S. The third-order valence-corrected chi connectivity index (χ3v) is 8.45. The quantitative estimate of drug-likeness (QED) is 0.277. The van der Waals surface area contributed by atoms with Crippen molar-refractivity contribution >= 4 is 43.5 Å². The lowest BCUT2D eigenvalue weighted by molar-refractivity contribution is -0.140. The molecule has 0 spiro atoms. The van der Waals surface area contributed by atoms with Crippen LogP contribution in [0, 0.1) is 0 Å². The van der Waals surface area contributed by atoms with Crippen LogP contribution in [0.4, 0.5) is 5.69 Å². The molecule has 40 heavy (non-hydrogen) atoms. The van der Waals surface area contributed by atoms with E-state index < -0.39 is 28.5 Å². The average Bonchev–Trinajstić information content (AvgIpc) is 2.93. The van der Waals surface area contributed by atoms with Gasteiger partial charge in [0.2, 0.25) is 21.8 Å². The summed E-state index contributed by atoms with van der Waals surface area (Å²) in [5, 5.41) is 3.04. The van der Waals surface area contributed by atoms with Crippen molar-refractivity contribution in [2.45, 2.75) is 58.7 Å². The second-order valence-electron chi connectivity index (χ2n) is 9.93. The highest BCUT2D eigenvalue weighted by Crippen LogP contribution is 2.25. The summed E-state index contributed by atoms with van der Waals surface area (Å²) >= 11 is 3.49. The molecule has 9 heteroatoms. The molecule has 0 heterocycles. The Kier molecular flexibility index (Phi) is 11.3. The van der Waals surface area contributed by atoms with Gasteiger partial charge in [0.1, 0.15) is 12.6 Å². The van der Waals surface area contributed by atoms with E-state index in [2.05, 4.69) is 21.2 Å². The largest absolute Gasteiger partial charge is 0.352 e. The molecule has 0 saturated carbocycles. The van der Waals surface area contributed by atoms with Crippen molar-refractivity contribution in [3.8, 4) is 0 Å². The zero-order valence-corrected chi connectivity index (χ0v) is 25.9. The molecule has 2 atom stereocenters. The maximum atomic E-state index is 14.2. The van der Waals surface area contributed by atoms with Crippen LogP contribution in [0.5, 0.6) is 0 Å². The molecule has 0 fully saturated rings. The molecule has 0 saturated heterocycles. The molecule has 2 unspecified atom stereocenters. The number of carbonyl (C=O) groups is 2. The Morgan fingerprint density at radius 3 is 2.20 bits per heavy atom. The van der Waals surface area contributed by atoms with Gasteiger partial charge in [-0.15, -0.1) is 0 Å². The van der Waals surface area contributed by atoms with Gasteiger partial charge in [0.15, 0.2) is 0 Å². The number of nitrogens with one attached hydrogen (secondary N) is 1. The molecule has 0 aromatic heterocycles. The zero-order valence-electron chi connectivity index (χ0n) is 23.5. The SMILES string of the molecule is CCc1ccccc1N(CC(=O)N(Cc1cccc(Br)c1)C(Cc1ccccc1)C(=O)NC(C)CC)S(C)(=O)=O. The first-order valence-corrected chi connectivity index (χ1v) is 16.1. The molecule has 0 bridgehead atoms. The Labute approximate surface area is 246 Å². The standard InChI is InChI=1S/C31H38BrN3O4S/c1-5-23(3)33-31(37)29(20-24-13-8-7-9-14-24)34(21-25-15-12-17-27(32)19-25)30(36)22-35(40(4,38)39)28-18-11-10-16-26(28)6-2/h7-19,23,29H,5-6,20-22H2,1-4H3,(H,33,37). The molecule has 0 aliphatic carbocycles. The Morgan fingerprint density at radius 1 is 0.925 bits per heavy atom. The smallest absolute Gasteiger partial charge is 0.244 e. The Balaban J connectivity index is 2.08. The molecule has 3 aromatic rings. The molecule has 0 aliphatic heterocycles. The molecule has 0 radical (unpaired) electrons. The van der Waals surface area contributed by atoms with Gasteiger partial charge in [-0.05, 0) is 54.7 Å². The molecule has 7 nitrogen and oxygen atoms in total. The molecule has 1 N–H and O–H groups in total. The summed E-state index contributed by atoms with van der Waals surface area (Å²) in [7, 11) is -3.81. The lowest BCUT2D eigenvalue weighted by atomic mass is 10.0. The van der Waals surface area contributed by atoms with Crippen LogP contribution in [0.15, 0.2) is 83.3 Å². The van der Waals surface area contributed by atoms with Crippen LogP contribution in [0.3, 0.4) is 0 Å².